The summed E-state index contributed by atoms with van der Waals surface area (Å²) in [7, 11) is 0. The van der Waals surface area contributed by atoms with Gasteiger partial charge < -0.3 is 10.2 Å². The number of carbonyl (C=O) groups is 2. The number of rotatable bonds is 3. The van der Waals surface area contributed by atoms with Crippen LogP contribution in [-0.2, 0) is 0 Å². The van der Waals surface area contributed by atoms with Gasteiger partial charge in [-0.1, -0.05) is 15.9 Å². The number of nitrogens with zero attached hydrogens (tertiary/aromatic N) is 1. The Morgan fingerprint density at radius 1 is 1.10 bits per heavy atom. The molecule has 0 amide bonds. The highest BCUT2D eigenvalue weighted by molar-refractivity contribution is 9.10. The van der Waals surface area contributed by atoms with Crippen molar-refractivity contribution in [3.63, 3.8) is 0 Å². The molecule has 0 fully saturated rings. The maximum absolute atomic E-state index is 11.2. The Morgan fingerprint density at radius 2 is 1.70 bits per heavy atom. The van der Waals surface area contributed by atoms with Gasteiger partial charge in [-0.25, -0.2) is 9.59 Å². The fourth-order valence-corrected chi connectivity index (χ4v) is 2.40. The molecule has 0 spiro atoms. The molecule has 7 nitrogen and oxygen atoms in total. The standard InChI is InChI=1S/C12H6BrNO6/c13-5-3-7-9(14(19)20)2-1-6(11(15)16)10(7)8(4-5)12(17)18/h1-4H,(H,15,16)(H,17,18). The highest BCUT2D eigenvalue weighted by Crippen LogP contribution is 2.34. The molecule has 2 aromatic rings. The highest BCUT2D eigenvalue weighted by atomic mass is 79.9. The molecule has 0 aliphatic rings. The van der Waals surface area contributed by atoms with Crippen LogP contribution in [0.25, 0.3) is 10.8 Å². The fraction of sp³-hybridized carbons (Fsp3) is 0. The second kappa shape index (κ2) is 4.89. The van der Waals surface area contributed by atoms with E-state index in [9.17, 15) is 19.7 Å². The van der Waals surface area contributed by atoms with Crippen molar-refractivity contribution < 1.29 is 24.7 Å². The first-order valence-corrected chi connectivity index (χ1v) is 5.99. The Balaban J connectivity index is 3.07. The number of aromatic carboxylic acids is 2. The van der Waals surface area contributed by atoms with Gasteiger partial charge in [-0.15, -0.1) is 0 Å². The second-order valence-electron chi connectivity index (χ2n) is 3.88. The first kappa shape index (κ1) is 13.9. The van der Waals surface area contributed by atoms with Crippen LogP contribution in [0.15, 0.2) is 28.7 Å². The molecule has 8 heteroatoms. The minimum Gasteiger partial charge on any atom is -0.478 e. The van der Waals surface area contributed by atoms with E-state index >= 15 is 0 Å². The molecule has 0 atom stereocenters. The number of carboxylic acids is 2. The number of nitro groups is 1. The summed E-state index contributed by atoms with van der Waals surface area (Å²) >= 11 is 3.06. The normalized spacial score (nSPS) is 10.4. The van der Waals surface area contributed by atoms with Crippen LogP contribution in [0, 0.1) is 10.1 Å². The van der Waals surface area contributed by atoms with Gasteiger partial charge in [0.2, 0.25) is 0 Å². The number of fused-ring (bicyclic) bond motifs is 1. The SMILES string of the molecule is O=C(O)c1ccc([N+](=O)[O-])c2cc(Br)cc(C(=O)O)c12. The van der Waals surface area contributed by atoms with E-state index in [0.29, 0.717) is 4.47 Å². The average Bonchev–Trinajstić information content (AvgIpc) is 2.35. The van der Waals surface area contributed by atoms with Gasteiger partial charge in [0.15, 0.2) is 0 Å². The Kier molecular flexibility index (Phi) is 3.41. The van der Waals surface area contributed by atoms with E-state index < -0.39 is 16.9 Å². The monoisotopic (exact) mass is 339 g/mol. The first-order chi connectivity index (χ1) is 9.32. The van der Waals surface area contributed by atoms with Gasteiger partial charge in [-0.05, 0) is 18.2 Å². The van der Waals surface area contributed by atoms with E-state index in [2.05, 4.69) is 15.9 Å². The quantitative estimate of drug-likeness (QED) is 0.655. The molecule has 20 heavy (non-hydrogen) atoms. The predicted octanol–water partition coefficient (Wildman–Crippen LogP) is 2.91. The minimum atomic E-state index is -1.36. The third kappa shape index (κ3) is 2.21. The van der Waals surface area contributed by atoms with Gasteiger partial charge in [0.25, 0.3) is 5.69 Å². The maximum atomic E-state index is 11.2. The van der Waals surface area contributed by atoms with E-state index in [1.54, 1.807) is 0 Å². The van der Waals surface area contributed by atoms with Gasteiger partial charge in [-0.3, -0.25) is 10.1 Å². The van der Waals surface area contributed by atoms with E-state index in [-0.39, 0.29) is 27.6 Å². The molecule has 0 saturated heterocycles. The van der Waals surface area contributed by atoms with Crippen molar-refractivity contribution in [1.82, 2.24) is 0 Å². The van der Waals surface area contributed by atoms with Crippen LogP contribution in [0.3, 0.4) is 0 Å². The van der Waals surface area contributed by atoms with Crippen molar-refractivity contribution in [3.8, 4) is 0 Å². The third-order valence-electron chi connectivity index (χ3n) is 2.71. The van der Waals surface area contributed by atoms with Crippen LogP contribution in [0.5, 0.6) is 0 Å². The van der Waals surface area contributed by atoms with E-state index in [1.165, 1.54) is 12.1 Å². The summed E-state index contributed by atoms with van der Waals surface area (Å²) in [5, 5.41) is 29.1. The molecule has 0 aliphatic heterocycles. The molecule has 0 aliphatic carbocycles. The van der Waals surface area contributed by atoms with Crippen LogP contribution >= 0.6 is 15.9 Å². The lowest BCUT2D eigenvalue weighted by atomic mass is 9.98. The summed E-state index contributed by atoms with van der Waals surface area (Å²) in [6.45, 7) is 0. The van der Waals surface area contributed by atoms with Crippen molar-refractivity contribution >= 4 is 44.3 Å². The average molecular weight is 340 g/mol. The molecule has 2 aromatic carbocycles. The first-order valence-electron chi connectivity index (χ1n) is 5.20. The van der Waals surface area contributed by atoms with E-state index in [1.807, 2.05) is 0 Å². The summed E-state index contributed by atoms with van der Waals surface area (Å²) in [6.07, 6.45) is 0. The lowest BCUT2D eigenvalue weighted by Crippen LogP contribution is -2.05. The van der Waals surface area contributed by atoms with Crippen molar-refractivity contribution in [2.75, 3.05) is 0 Å². The number of hydrogen-bond donors (Lipinski definition) is 2. The number of nitro benzene ring substituents is 1. The third-order valence-corrected chi connectivity index (χ3v) is 3.17. The summed E-state index contributed by atoms with van der Waals surface area (Å²) < 4.78 is 0.313. The van der Waals surface area contributed by atoms with Crippen molar-refractivity contribution in [2.24, 2.45) is 0 Å². The van der Waals surface area contributed by atoms with Crippen LogP contribution in [0.2, 0.25) is 0 Å². The largest absolute Gasteiger partial charge is 0.478 e. The maximum Gasteiger partial charge on any atom is 0.336 e. The van der Waals surface area contributed by atoms with Crippen LogP contribution in [-0.4, -0.2) is 27.1 Å². The molecule has 0 unspecified atom stereocenters. The fourth-order valence-electron chi connectivity index (χ4n) is 1.94. The molecule has 0 bridgehead atoms. The van der Waals surface area contributed by atoms with Gasteiger partial charge >= 0.3 is 11.9 Å². The molecule has 2 rings (SSSR count). The molecule has 2 N–H and O–H groups in total. The van der Waals surface area contributed by atoms with Crippen LogP contribution in [0.1, 0.15) is 20.7 Å². The second-order valence-corrected chi connectivity index (χ2v) is 4.79. The Labute approximate surface area is 119 Å². The summed E-state index contributed by atoms with van der Waals surface area (Å²) in [5.41, 5.74) is -0.959. The smallest absolute Gasteiger partial charge is 0.336 e. The number of carboxylic acid groups (broad SMARTS) is 2. The lowest BCUT2D eigenvalue weighted by Gasteiger charge is -2.08. The zero-order chi connectivity index (χ0) is 15.0. The topological polar surface area (TPSA) is 118 Å². The summed E-state index contributed by atoms with van der Waals surface area (Å²) in [4.78, 5) is 32.7. The van der Waals surface area contributed by atoms with Crippen LogP contribution in [0.4, 0.5) is 5.69 Å². The van der Waals surface area contributed by atoms with Gasteiger partial charge in [0.1, 0.15) is 0 Å². The molecule has 0 heterocycles. The molecule has 0 saturated carbocycles. The number of benzene rings is 2. The molecule has 0 aromatic heterocycles. The highest BCUT2D eigenvalue weighted by Gasteiger charge is 2.23. The van der Waals surface area contributed by atoms with Gasteiger partial charge in [0.05, 0.1) is 21.4 Å². The van der Waals surface area contributed by atoms with Gasteiger partial charge in [-0.2, -0.15) is 0 Å². The van der Waals surface area contributed by atoms with E-state index in [4.69, 9.17) is 10.2 Å². The predicted molar refractivity (Wildman–Crippen MR) is 72.2 cm³/mol. The lowest BCUT2D eigenvalue weighted by molar-refractivity contribution is -0.383. The van der Waals surface area contributed by atoms with Crippen molar-refractivity contribution in [1.29, 1.82) is 0 Å². The molecular formula is C12H6BrNO6. The zero-order valence-electron chi connectivity index (χ0n) is 9.66. The molecular weight excluding hydrogens is 334 g/mol. The number of hydrogen-bond acceptors (Lipinski definition) is 4. The zero-order valence-corrected chi connectivity index (χ0v) is 11.2. The Hall–Kier alpha value is -2.48. The summed E-state index contributed by atoms with van der Waals surface area (Å²) in [5.74, 6) is -2.71. The Bertz CT molecular complexity index is 770. The number of non-ortho nitro benzene ring substituents is 1. The van der Waals surface area contributed by atoms with Crippen molar-refractivity contribution in [3.05, 3.63) is 50.0 Å². The van der Waals surface area contributed by atoms with Crippen LogP contribution < -0.4 is 0 Å². The van der Waals surface area contributed by atoms with E-state index in [0.717, 1.165) is 12.1 Å². The van der Waals surface area contributed by atoms with Crippen molar-refractivity contribution in [2.45, 2.75) is 0 Å². The Morgan fingerprint density at radius 3 is 2.20 bits per heavy atom. The summed E-state index contributed by atoms with van der Waals surface area (Å²) in [6, 6.07) is 4.61. The molecule has 102 valence electrons. The minimum absolute atomic E-state index is 0.0401. The molecule has 0 radical (unpaired) electrons. The number of halogens is 1. The van der Waals surface area contributed by atoms with Gasteiger partial charge in [0, 0.05) is 15.9 Å².